The van der Waals surface area contributed by atoms with Crippen molar-refractivity contribution in [2.45, 2.75) is 65.9 Å². The van der Waals surface area contributed by atoms with Gasteiger partial charge in [-0.3, -0.25) is 4.99 Å². The van der Waals surface area contributed by atoms with Crippen LogP contribution in [0.2, 0.25) is 0 Å². The molecule has 7 heteroatoms. The van der Waals surface area contributed by atoms with Crippen molar-refractivity contribution in [2.75, 3.05) is 45.9 Å². The number of aliphatic hydroxyl groups excluding tert-OH is 1. The number of guanidine groups is 1. The Morgan fingerprint density at radius 3 is 2.39 bits per heavy atom. The minimum Gasteiger partial charge on any atom is -0.444 e. The zero-order valence-electron chi connectivity index (χ0n) is 18.5. The third kappa shape index (κ3) is 6.83. The first-order valence-electron chi connectivity index (χ1n) is 10.8. The van der Waals surface area contributed by atoms with E-state index < -0.39 is 5.60 Å². The Morgan fingerprint density at radius 2 is 1.93 bits per heavy atom. The molecular weight excluding hydrogens is 356 g/mol. The molecule has 2 aliphatic rings. The molecule has 162 valence electrons. The van der Waals surface area contributed by atoms with Crippen molar-refractivity contribution in [2.24, 2.45) is 16.3 Å². The van der Waals surface area contributed by atoms with Gasteiger partial charge in [0.15, 0.2) is 5.96 Å². The fourth-order valence-electron chi connectivity index (χ4n) is 3.51. The maximum Gasteiger partial charge on any atom is 0.410 e. The highest BCUT2D eigenvalue weighted by Gasteiger charge is 2.42. The van der Waals surface area contributed by atoms with E-state index >= 15 is 0 Å². The Kier molecular flexibility index (Phi) is 7.98. The molecule has 0 aromatic rings. The van der Waals surface area contributed by atoms with E-state index in [-0.39, 0.29) is 18.1 Å². The fraction of sp³-hybridized carbons (Fsp3) is 0.905. The number of nitrogens with zero attached hydrogens (tertiary/aromatic N) is 3. The molecule has 0 aromatic heterocycles. The van der Waals surface area contributed by atoms with E-state index in [4.69, 9.17) is 9.73 Å². The molecule has 28 heavy (non-hydrogen) atoms. The van der Waals surface area contributed by atoms with Gasteiger partial charge in [0.2, 0.25) is 0 Å². The van der Waals surface area contributed by atoms with Crippen LogP contribution in [0.25, 0.3) is 0 Å². The van der Waals surface area contributed by atoms with Crippen LogP contribution < -0.4 is 5.32 Å². The molecule has 7 nitrogen and oxygen atoms in total. The number of nitrogens with one attached hydrogen (secondary N) is 1. The number of carbonyl (C=O) groups is 1. The summed E-state index contributed by atoms with van der Waals surface area (Å²) in [5.41, 5.74) is -0.424. The number of piperidine rings is 1. The fourth-order valence-corrected chi connectivity index (χ4v) is 3.51. The van der Waals surface area contributed by atoms with Crippen molar-refractivity contribution >= 4 is 12.1 Å². The van der Waals surface area contributed by atoms with Crippen LogP contribution in [0.4, 0.5) is 4.79 Å². The topological polar surface area (TPSA) is 77.4 Å². The zero-order chi connectivity index (χ0) is 20.8. The summed E-state index contributed by atoms with van der Waals surface area (Å²) < 4.78 is 5.53. The Labute approximate surface area is 170 Å². The molecule has 1 aliphatic heterocycles. The summed E-state index contributed by atoms with van der Waals surface area (Å²) in [5.74, 6) is 1.44. The lowest BCUT2D eigenvalue weighted by Gasteiger charge is -2.36. The zero-order valence-corrected chi connectivity index (χ0v) is 18.5. The summed E-state index contributed by atoms with van der Waals surface area (Å²) in [6.07, 6.45) is 4.01. The molecule has 1 saturated heterocycles. The summed E-state index contributed by atoms with van der Waals surface area (Å²) in [4.78, 5) is 21.3. The van der Waals surface area contributed by atoms with E-state index in [1.807, 2.05) is 32.6 Å². The van der Waals surface area contributed by atoms with Crippen LogP contribution in [0.3, 0.4) is 0 Å². The van der Waals surface area contributed by atoms with E-state index in [1.165, 1.54) is 0 Å². The minimum absolute atomic E-state index is 0.0358. The smallest absolute Gasteiger partial charge is 0.410 e. The van der Waals surface area contributed by atoms with Crippen molar-refractivity contribution in [3.8, 4) is 0 Å². The van der Waals surface area contributed by atoms with Gasteiger partial charge in [0, 0.05) is 38.1 Å². The summed E-state index contributed by atoms with van der Waals surface area (Å²) >= 11 is 0. The second-order valence-corrected chi connectivity index (χ2v) is 9.28. The lowest BCUT2D eigenvalue weighted by Crippen LogP contribution is -2.48. The minimum atomic E-state index is -0.460. The summed E-state index contributed by atoms with van der Waals surface area (Å²) in [6, 6.07) is 0. The number of aliphatic hydroxyl groups is 1. The third-order valence-corrected chi connectivity index (χ3v) is 5.62. The Balaban J connectivity index is 1.85. The highest BCUT2D eigenvalue weighted by Crippen LogP contribution is 2.45. The van der Waals surface area contributed by atoms with E-state index in [9.17, 15) is 9.90 Å². The molecule has 0 unspecified atom stereocenters. The van der Waals surface area contributed by atoms with Gasteiger partial charge in [0.1, 0.15) is 5.60 Å². The van der Waals surface area contributed by atoms with Crippen LogP contribution in [-0.2, 0) is 4.74 Å². The second-order valence-electron chi connectivity index (χ2n) is 9.28. The number of hydrogen-bond acceptors (Lipinski definition) is 4. The lowest BCUT2D eigenvalue weighted by atomic mass is 9.96. The van der Waals surface area contributed by atoms with Gasteiger partial charge in [-0.2, -0.15) is 0 Å². The Hall–Kier alpha value is -1.50. The highest BCUT2D eigenvalue weighted by atomic mass is 16.6. The van der Waals surface area contributed by atoms with Gasteiger partial charge in [-0.1, -0.05) is 0 Å². The average molecular weight is 397 g/mol. The van der Waals surface area contributed by atoms with Gasteiger partial charge in [-0.25, -0.2) is 4.79 Å². The normalized spacial score (nSPS) is 20.1. The first-order chi connectivity index (χ1) is 13.2. The van der Waals surface area contributed by atoms with Crippen LogP contribution in [0.15, 0.2) is 4.99 Å². The van der Waals surface area contributed by atoms with Crippen LogP contribution in [0.1, 0.15) is 60.3 Å². The second kappa shape index (κ2) is 9.81. The summed E-state index contributed by atoms with van der Waals surface area (Å²) in [7, 11) is 0. The van der Waals surface area contributed by atoms with Crippen LogP contribution in [-0.4, -0.2) is 78.4 Å². The molecule has 0 spiro atoms. The number of rotatable bonds is 7. The molecule has 0 bridgehead atoms. The van der Waals surface area contributed by atoms with Gasteiger partial charge in [0.05, 0.1) is 13.2 Å². The van der Waals surface area contributed by atoms with Crippen molar-refractivity contribution in [1.82, 2.24) is 15.1 Å². The number of carbonyl (C=O) groups excluding carboxylic acids is 1. The van der Waals surface area contributed by atoms with Gasteiger partial charge >= 0.3 is 6.09 Å². The lowest BCUT2D eigenvalue weighted by molar-refractivity contribution is 0.0214. The molecule has 0 atom stereocenters. The Bertz CT molecular complexity index is 532. The molecule has 1 amide bonds. The molecule has 0 radical (unpaired) electrons. The van der Waals surface area contributed by atoms with Crippen molar-refractivity contribution in [3.63, 3.8) is 0 Å². The van der Waals surface area contributed by atoms with Gasteiger partial charge in [-0.15, -0.1) is 0 Å². The quantitative estimate of drug-likeness (QED) is 0.511. The average Bonchev–Trinajstić information content (AvgIpc) is 3.43. The predicted octanol–water partition coefficient (Wildman–Crippen LogP) is 2.69. The maximum atomic E-state index is 12.4. The number of amides is 1. The van der Waals surface area contributed by atoms with Crippen molar-refractivity contribution in [3.05, 3.63) is 0 Å². The standard InChI is InChI=1S/C21H40N4O3/c1-6-22-18(23-15-21(16-26)10-11-21)25-12-8-17(9-13-25)14-24(7-2)19(27)28-20(3,4)5/h17,26H,6-16H2,1-5H3,(H,22,23). The molecule has 0 aromatic carbocycles. The Morgan fingerprint density at radius 1 is 1.29 bits per heavy atom. The first kappa shape index (κ1) is 22.8. The predicted molar refractivity (Wildman–Crippen MR) is 113 cm³/mol. The van der Waals surface area contributed by atoms with Crippen LogP contribution >= 0.6 is 0 Å². The highest BCUT2D eigenvalue weighted by molar-refractivity contribution is 5.80. The van der Waals surface area contributed by atoms with Gasteiger partial charge < -0.3 is 25.0 Å². The van der Waals surface area contributed by atoms with Crippen LogP contribution in [0, 0.1) is 11.3 Å². The monoisotopic (exact) mass is 396 g/mol. The van der Waals surface area contributed by atoms with Gasteiger partial charge in [0.25, 0.3) is 0 Å². The summed E-state index contributed by atoms with van der Waals surface area (Å²) in [5, 5.41) is 12.9. The summed E-state index contributed by atoms with van der Waals surface area (Å²) in [6.45, 7) is 14.9. The number of hydrogen-bond donors (Lipinski definition) is 2. The SMILES string of the molecule is CCNC(=NCC1(CO)CC1)N1CCC(CN(CC)C(=O)OC(C)(C)C)CC1. The maximum absolute atomic E-state index is 12.4. The van der Waals surface area contributed by atoms with Gasteiger partial charge in [-0.05, 0) is 66.2 Å². The molecule has 2 fully saturated rings. The number of likely N-dealkylation sites (tertiary alicyclic amines) is 1. The van der Waals surface area contributed by atoms with E-state index in [2.05, 4.69) is 17.1 Å². The van der Waals surface area contributed by atoms with E-state index in [0.29, 0.717) is 19.0 Å². The molecule has 1 aliphatic carbocycles. The molecule has 2 rings (SSSR count). The largest absolute Gasteiger partial charge is 0.444 e. The molecule has 1 saturated carbocycles. The third-order valence-electron chi connectivity index (χ3n) is 5.62. The van der Waals surface area contributed by atoms with Crippen molar-refractivity contribution in [1.29, 1.82) is 0 Å². The number of ether oxygens (including phenoxy) is 1. The van der Waals surface area contributed by atoms with E-state index in [1.54, 1.807) is 0 Å². The molecule has 2 N–H and O–H groups in total. The molecular formula is C21H40N4O3. The molecule has 1 heterocycles. The van der Waals surface area contributed by atoms with Crippen LogP contribution in [0.5, 0.6) is 0 Å². The number of aliphatic imine (C=N–C) groups is 1. The van der Waals surface area contributed by atoms with Crippen molar-refractivity contribution < 1.29 is 14.6 Å². The van der Waals surface area contributed by atoms with E-state index in [0.717, 1.165) is 57.8 Å². The first-order valence-corrected chi connectivity index (χ1v) is 10.8.